The standard InChI is InChI=1S/C11H9NO3.C5H5ClN2/c1-7-3-2-4-8(5-7)10-9(11(13)14)12-6-15-10;1-4-2-7-5(6)8-3-4/h2-6H,1H3,(H,13,14);2-3H,1H3. The van der Waals surface area contributed by atoms with E-state index >= 15 is 0 Å². The highest BCUT2D eigenvalue weighted by molar-refractivity contribution is 6.28. The lowest BCUT2D eigenvalue weighted by molar-refractivity contribution is 0.0691. The first-order valence-corrected chi connectivity index (χ1v) is 7.03. The molecule has 0 saturated heterocycles. The molecule has 2 heterocycles. The molecule has 0 amide bonds. The van der Waals surface area contributed by atoms with Crippen LogP contribution < -0.4 is 0 Å². The van der Waals surface area contributed by atoms with E-state index in [1.54, 1.807) is 18.5 Å². The summed E-state index contributed by atoms with van der Waals surface area (Å²) in [6.07, 6.45) is 4.49. The van der Waals surface area contributed by atoms with Gasteiger partial charge in [0.15, 0.2) is 17.8 Å². The molecule has 1 aromatic carbocycles. The summed E-state index contributed by atoms with van der Waals surface area (Å²) in [5, 5.41) is 9.16. The van der Waals surface area contributed by atoms with Crippen molar-refractivity contribution in [3.63, 3.8) is 0 Å². The smallest absolute Gasteiger partial charge is 0.358 e. The molecule has 1 N–H and O–H groups in total. The third kappa shape index (κ3) is 4.62. The Labute approximate surface area is 137 Å². The molecule has 2 aromatic heterocycles. The van der Waals surface area contributed by atoms with Crippen LogP contribution in [0.4, 0.5) is 0 Å². The van der Waals surface area contributed by atoms with Gasteiger partial charge in [0.1, 0.15) is 0 Å². The van der Waals surface area contributed by atoms with Crippen molar-refractivity contribution in [3.05, 3.63) is 65.2 Å². The highest BCUT2D eigenvalue weighted by Gasteiger charge is 2.16. The number of oxazole rings is 1. The van der Waals surface area contributed by atoms with Crippen LogP contribution in [0, 0.1) is 13.8 Å². The van der Waals surface area contributed by atoms with Gasteiger partial charge in [0.2, 0.25) is 5.28 Å². The molecular weight excluding hydrogens is 318 g/mol. The fourth-order valence-electron chi connectivity index (χ4n) is 1.77. The summed E-state index contributed by atoms with van der Waals surface area (Å²) in [7, 11) is 0. The van der Waals surface area contributed by atoms with Crippen LogP contribution in [0.1, 0.15) is 21.6 Å². The maximum Gasteiger partial charge on any atom is 0.358 e. The van der Waals surface area contributed by atoms with Gasteiger partial charge in [-0.2, -0.15) is 0 Å². The maximum absolute atomic E-state index is 10.8. The average molecular weight is 332 g/mol. The van der Waals surface area contributed by atoms with Crippen molar-refractivity contribution in [1.82, 2.24) is 15.0 Å². The van der Waals surface area contributed by atoms with Crippen molar-refractivity contribution in [3.8, 4) is 11.3 Å². The van der Waals surface area contributed by atoms with Crippen molar-refractivity contribution in [2.75, 3.05) is 0 Å². The largest absolute Gasteiger partial charge is 0.476 e. The number of aromatic nitrogens is 3. The summed E-state index contributed by atoms with van der Waals surface area (Å²) in [6, 6.07) is 7.42. The fraction of sp³-hybridized carbons (Fsp3) is 0.125. The van der Waals surface area contributed by atoms with Gasteiger partial charge in [-0.25, -0.2) is 19.7 Å². The molecule has 3 rings (SSSR count). The number of halogens is 1. The topological polar surface area (TPSA) is 89.1 Å². The summed E-state index contributed by atoms with van der Waals surface area (Å²) in [5.41, 5.74) is 2.74. The number of carboxylic acids is 1. The van der Waals surface area contributed by atoms with Gasteiger partial charge in [0, 0.05) is 18.0 Å². The Kier molecular flexibility index (Phi) is 5.43. The molecule has 7 heteroatoms. The van der Waals surface area contributed by atoms with Gasteiger partial charge in [-0.3, -0.25) is 0 Å². The highest BCUT2D eigenvalue weighted by Crippen LogP contribution is 2.23. The van der Waals surface area contributed by atoms with Crippen molar-refractivity contribution in [2.45, 2.75) is 13.8 Å². The van der Waals surface area contributed by atoms with E-state index < -0.39 is 5.97 Å². The van der Waals surface area contributed by atoms with E-state index in [4.69, 9.17) is 21.1 Å². The van der Waals surface area contributed by atoms with E-state index in [9.17, 15) is 4.79 Å². The predicted molar refractivity (Wildman–Crippen MR) is 85.4 cm³/mol. The Morgan fingerprint density at radius 3 is 2.39 bits per heavy atom. The SMILES string of the molecule is Cc1cccc(-c2ocnc2C(=O)O)c1.Cc1cnc(Cl)nc1. The third-order valence-electron chi connectivity index (χ3n) is 2.80. The predicted octanol–water partition coefficient (Wildman–Crippen LogP) is 3.79. The van der Waals surface area contributed by atoms with Gasteiger partial charge in [0.05, 0.1) is 0 Å². The first-order chi connectivity index (χ1) is 11.0. The molecule has 0 atom stereocenters. The number of nitrogens with zero attached hydrogens (tertiary/aromatic N) is 3. The van der Waals surface area contributed by atoms with E-state index in [1.165, 1.54) is 0 Å². The Morgan fingerprint density at radius 2 is 1.83 bits per heavy atom. The van der Waals surface area contributed by atoms with Crippen molar-refractivity contribution >= 4 is 17.6 Å². The minimum absolute atomic E-state index is 0.0550. The Morgan fingerprint density at radius 1 is 1.13 bits per heavy atom. The van der Waals surface area contributed by atoms with Gasteiger partial charge >= 0.3 is 5.97 Å². The lowest BCUT2D eigenvalue weighted by Crippen LogP contribution is -1.98. The maximum atomic E-state index is 10.8. The molecule has 0 saturated carbocycles. The second-order valence-corrected chi connectivity index (χ2v) is 5.07. The molecule has 3 aromatic rings. The average Bonchev–Trinajstić information content (AvgIpc) is 3.01. The van der Waals surface area contributed by atoms with E-state index in [0.717, 1.165) is 23.1 Å². The van der Waals surface area contributed by atoms with E-state index in [0.29, 0.717) is 11.0 Å². The minimum atomic E-state index is -1.08. The summed E-state index contributed by atoms with van der Waals surface area (Å²) < 4.78 is 5.08. The zero-order chi connectivity index (χ0) is 16.8. The Hall–Kier alpha value is -2.73. The summed E-state index contributed by atoms with van der Waals surface area (Å²) >= 11 is 5.39. The molecule has 0 bridgehead atoms. The number of rotatable bonds is 2. The molecule has 6 nitrogen and oxygen atoms in total. The van der Waals surface area contributed by atoms with Gasteiger partial charge in [-0.15, -0.1) is 0 Å². The van der Waals surface area contributed by atoms with Gasteiger partial charge < -0.3 is 9.52 Å². The molecule has 0 spiro atoms. The molecule has 0 aliphatic carbocycles. The fourth-order valence-corrected chi connectivity index (χ4v) is 1.86. The molecule has 23 heavy (non-hydrogen) atoms. The van der Waals surface area contributed by atoms with Crippen LogP contribution in [0.2, 0.25) is 5.28 Å². The van der Waals surface area contributed by atoms with E-state index in [2.05, 4.69) is 15.0 Å². The second kappa shape index (κ2) is 7.51. The number of aryl methyl sites for hydroxylation is 2. The molecule has 0 fully saturated rings. The quantitative estimate of drug-likeness (QED) is 0.719. The number of aromatic carboxylic acids is 1. The highest BCUT2D eigenvalue weighted by atomic mass is 35.5. The molecule has 0 aliphatic heterocycles. The van der Waals surface area contributed by atoms with Crippen LogP contribution in [0.15, 0.2) is 47.5 Å². The molecule has 118 valence electrons. The number of carbonyl (C=O) groups is 1. The first-order valence-electron chi connectivity index (χ1n) is 6.65. The number of carboxylic acid groups (broad SMARTS) is 1. The second-order valence-electron chi connectivity index (χ2n) is 4.73. The van der Waals surface area contributed by atoms with Gasteiger partial charge in [-0.05, 0) is 37.1 Å². The van der Waals surface area contributed by atoms with Crippen LogP contribution in [-0.4, -0.2) is 26.0 Å². The molecule has 0 radical (unpaired) electrons. The zero-order valence-electron chi connectivity index (χ0n) is 12.5. The lowest BCUT2D eigenvalue weighted by Gasteiger charge is -1.98. The minimum Gasteiger partial charge on any atom is -0.476 e. The van der Waals surface area contributed by atoms with Crippen LogP contribution in [0.25, 0.3) is 11.3 Å². The lowest BCUT2D eigenvalue weighted by atomic mass is 10.1. The summed E-state index contributed by atoms with van der Waals surface area (Å²) in [6.45, 7) is 3.84. The normalized spacial score (nSPS) is 9.87. The monoisotopic (exact) mass is 331 g/mol. The summed E-state index contributed by atoms with van der Waals surface area (Å²) in [5.74, 6) is -0.786. The van der Waals surface area contributed by atoms with Crippen LogP contribution in [0.3, 0.4) is 0 Å². The number of hydrogen-bond acceptors (Lipinski definition) is 5. The molecule has 0 unspecified atom stereocenters. The Balaban J connectivity index is 0.000000203. The van der Waals surface area contributed by atoms with Crippen molar-refractivity contribution < 1.29 is 14.3 Å². The van der Waals surface area contributed by atoms with E-state index in [-0.39, 0.29) is 5.69 Å². The van der Waals surface area contributed by atoms with Crippen molar-refractivity contribution in [2.24, 2.45) is 0 Å². The van der Waals surface area contributed by atoms with Crippen LogP contribution >= 0.6 is 11.6 Å². The van der Waals surface area contributed by atoms with Crippen LogP contribution in [-0.2, 0) is 0 Å². The number of hydrogen-bond donors (Lipinski definition) is 1. The third-order valence-corrected chi connectivity index (χ3v) is 2.99. The van der Waals surface area contributed by atoms with Crippen molar-refractivity contribution in [1.29, 1.82) is 0 Å². The van der Waals surface area contributed by atoms with E-state index in [1.807, 2.05) is 32.0 Å². The molecular formula is C16H14ClN3O3. The van der Waals surface area contributed by atoms with Gasteiger partial charge in [-0.1, -0.05) is 23.8 Å². The molecule has 0 aliphatic rings. The zero-order valence-corrected chi connectivity index (χ0v) is 13.3. The summed E-state index contributed by atoms with van der Waals surface area (Å²) in [4.78, 5) is 21.9. The Bertz CT molecular complexity index is 779. The number of benzene rings is 1. The van der Waals surface area contributed by atoms with Gasteiger partial charge in [0.25, 0.3) is 0 Å². The van der Waals surface area contributed by atoms with Crippen LogP contribution in [0.5, 0.6) is 0 Å². The first kappa shape index (κ1) is 16.6.